The smallest absolute Gasteiger partial charge is 0.141 e. The molecule has 0 aliphatic carbocycles. The number of nitrogens with zero attached hydrogens (tertiary/aromatic N) is 2. The minimum Gasteiger partial charge on any atom is -0.381 e. The minimum atomic E-state index is -0.408. The second-order valence-electron chi connectivity index (χ2n) is 3.86. The number of anilines is 1. The van der Waals surface area contributed by atoms with Gasteiger partial charge in [-0.3, -0.25) is 4.68 Å². The third kappa shape index (κ3) is 2.58. The molecule has 2 aromatic rings. The summed E-state index contributed by atoms with van der Waals surface area (Å²) in [7, 11) is 1.90. The van der Waals surface area contributed by atoms with Crippen LogP contribution in [0, 0.1) is 12.7 Å². The Hall–Kier alpha value is -1.55. The Balaban J connectivity index is 2.07. The molecule has 0 unspecified atom stereocenters. The summed E-state index contributed by atoms with van der Waals surface area (Å²) in [5, 5.41) is 7.45. The fourth-order valence-corrected chi connectivity index (χ4v) is 1.70. The maximum absolute atomic E-state index is 13.0. The summed E-state index contributed by atoms with van der Waals surface area (Å²) in [5.41, 5.74) is 3.00. The van der Waals surface area contributed by atoms with Crippen molar-refractivity contribution >= 4 is 17.3 Å². The summed E-state index contributed by atoms with van der Waals surface area (Å²) in [5.74, 6) is -0.408. The third-order valence-corrected chi connectivity index (χ3v) is 3.03. The molecule has 1 aromatic carbocycles. The molecular weight excluding hydrogens is 241 g/mol. The van der Waals surface area contributed by atoms with Gasteiger partial charge in [-0.05, 0) is 25.1 Å². The zero-order valence-corrected chi connectivity index (χ0v) is 10.4. The molecule has 3 nitrogen and oxygen atoms in total. The Labute approximate surface area is 104 Å². The van der Waals surface area contributed by atoms with Gasteiger partial charge in [0.25, 0.3) is 0 Å². The van der Waals surface area contributed by atoms with Crippen molar-refractivity contribution in [3.63, 3.8) is 0 Å². The van der Waals surface area contributed by atoms with Crippen molar-refractivity contribution < 1.29 is 4.39 Å². The van der Waals surface area contributed by atoms with Gasteiger partial charge in [-0.2, -0.15) is 5.10 Å². The number of rotatable bonds is 3. The molecule has 0 saturated carbocycles. The number of halogens is 2. The van der Waals surface area contributed by atoms with Crippen LogP contribution in [0.4, 0.5) is 10.1 Å². The van der Waals surface area contributed by atoms with Gasteiger partial charge in [0.15, 0.2) is 0 Å². The van der Waals surface area contributed by atoms with Gasteiger partial charge >= 0.3 is 0 Å². The molecule has 0 radical (unpaired) electrons. The lowest BCUT2D eigenvalue weighted by molar-refractivity contribution is 0.628. The number of aryl methyl sites for hydroxylation is 1. The topological polar surface area (TPSA) is 29.9 Å². The van der Waals surface area contributed by atoms with Crippen molar-refractivity contribution in [3.8, 4) is 0 Å². The standard InChI is InChI=1S/C12H13ClFN3/c1-8-9(7-16-17(8)2)6-15-10-3-4-12(14)11(13)5-10/h3-5,7,15H,6H2,1-2H3. The maximum atomic E-state index is 13.0. The first-order valence-corrected chi connectivity index (χ1v) is 5.62. The molecule has 1 aromatic heterocycles. The Morgan fingerprint density at radius 1 is 1.47 bits per heavy atom. The molecule has 1 heterocycles. The molecule has 0 fully saturated rings. The molecule has 17 heavy (non-hydrogen) atoms. The Bertz CT molecular complexity index is 537. The van der Waals surface area contributed by atoms with Crippen molar-refractivity contribution in [3.05, 3.63) is 46.5 Å². The predicted octanol–water partition coefficient (Wildman–Crippen LogP) is 3.13. The fourth-order valence-electron chi connectivity index (χ4n) is 1.52. The van der Waals surface area contributed by atoms with E-state index in [-0.39, 0.29) is 5.02 Å². The maximum Gasteiger partial charge on any atom is 0.141 e. The van der Waals surface area contributed by atoms with Gasteiger partial charge in [0, 0.05) is 30.5 Å². The molecule has 0 spiro atoms. The quantitative estimate of drug-likeness (QED) is 0.911. The SMILES string of the molecule is Cc1c(CNc2ccc(F)c(Cl)c2)cnn1C. The highest BCUT2D eigenvalue weighted by molar-refractivity contribution is 6.31. The second kappa shape index (κ2) is 4.75. The molecule has 0 bridgehead atoms. The van der Waals surface area contributed by atoms with E-state index in [1.807, 2.05) is 24.9 Å². The molecule has 0 saturated heterocycles. The van der Waals surface area contributed by atoms with E-state index in [4.69, 9.17) is 11.6 Å². The third-order valence-electron chi connectivity index (χ3n) is 2.74. The minimum absolute atomic E-state index is 0.123. The van der Waals surface area contributed by atoms with Crippen LogP contribution in [0.2, 0.25) is 5.02 Å². The highest BCUT2D eigenvalue weighted by Crippen LogP contribution is 2.20. The normalized spacial score (nSPS) is 10.6. The molecule has 0 atom stereocenters. The molecule has 2 rings (SSSR count). The van der Waals surface area contributed by atoms with Crippen LogP contribution in [0.3, 0.4) is 0 Å². The van der Waals surface area contributed by atoms with Crippen molar-refractivity contribution in [2.75, 3.05) is 5.32 Å². The molecule has 90 valence electrons. The molecule has 5 heteroatoms. The Morgan fingerprint density at radius 2 is 2.24 bits per heavy atom. The van der Waals surface area contributed by atoms with Gasteiger partial charge in [-0.25, -0.2) is 4.39 Å². The lowest BCUT2D eigenvalue weighted by Gasteiger charge is -2.06. The van der Waals surface area contributed by atoms with Crippen LogP contribution in [0.5, 0.6) is 0 Å². The average Bonchev–Trinajstić information content (AvgIpc) is 2.62. The van der Waals surface area contributed by atoms with Crippen molar-refractivity contribution in [2.45, 2.75) is 13.5 Å². The van der Waals surface area contributed by atoms with Gasteiger partial charge in [0.2, 0.25) is 0 Å². The van der Waals surface area contributed by atoms with Crippen LogP contribution >= 0.6 is 11.6 Å². The van der Waals surface area contributed by atoms with Gasteiger partial charge in [-0.15, -0.1) is 0 Å². The first-order chi connectivity index (χ1) is 8.08. The monoisotopic (exact) mass is 253 g/mol. The summed E-state index contributed by atoms with van der Waals surface area (Å²) >= 11 is 5.70. The number of benzene rings is 1. The van der Waals surface area contributed by atoms with Crippen molar-refractivity contribution in [1.29, 1.82) is 0 Å². The molecule has 0 aliphatic rings. The number of hydrogen-bond donors (Lipinski definition) is 1. The average molecular weight is 254 g/mol. The van der Waals surface area contributed by atoms with Crippen LogP contribution in [-0.2, 0) is 13.6 Å². The predicted molar refractivity (Wildman–Crippen MR) is 66.7 cm³/mol. The zero-order valence-electron chi connectivity index (χ0n) is 9.67. The van der Waals surface area contributed by atoms with Crippen molar-refractivity contribution in [1.82, 2.24) is 9.78 Å². The van der Waals surface area contributed by atoms with Crippen LogP contribution in [0.15, 0.2) is 24.4 Å². The lowest BCUT2D eigenvalue weighted by atomic mass is 10.2. The van der Waals surface area contributed by atoms with E-state index in [1.54, 1.807) is 12.1 Å². The van der Waals surface area contributed by atoms with Crippen LogP contribution in [-0.4, -0.2) is 9.78 Å². The number of aromatic nitrogens is 2. The molecule has 1 N–H and O–H groups in total. The van der Waals surface area contributed by atoms with Gasteiger partial charge in [0.05, 0.1) is 11.2 Å². The summed E-state index contributed by atoms with van der Waals surface area (Å²) in [4.78, 5) is 0. The van der Waals surface area contributed by atoms with E-state index >= 15 is 0 Å². The van der Waals surface area contributed by atoms with Crippen molar-refractivity contribution in [2.24, 2.45) is 7.05 Å². The summed E-state index contributed by atoms with van der Waals surface area (Å²) in [6, 6.07) is 4.58. The van der Waals surface area contributed by atoms with Gasteiger partial charge in [-0.1, -0.05) is 11.6 Å². The first kappa shape index (κ1) is 11.9. The highest BCUT2D eigenvalue weighted by atomic mass is 35.5. The summed E-state index contributed by atoms with van der Waals surface area (Å²) in [6.45, 7) is 2.64. The van der Waals surface area contributed by atoms with Crippen LogP contribution in [0.25, 0.3) is 0 Å². The number of hydrogen-bond acceptors (Lipinski definition) is 2. The molecule has 0 amide bonds. The Kier molecular flexibility index (Phi) is 3.33. The summed E-state index contributed by atoms with van der Waals surface area (Å²) in [6.07, 6.45) is 1.81. The van der Waals surface area contributed by atoms with Gasteiger partial charge in [0.1, 0.15) is 5.82 Å². The van der Waals surface area contributed by atoms with Crippen LogP contribution in [0.1, 0.15) is 11.3 Å². The van der Waals surface area contributed by atoms with Crippen LogP contribution < -0.4 is 5.32 Å². The van der Waals surface area contributed by atoms with E-state index in [2.05, 4.69) is 10.4 Å². The van der Waals surface area contributed by atoms with E-state index in [9.17, 15) is 4.39 Å². The molecule has 0 aliphatic heterocycles. The van der Waals surface area contributed by atoms with E-state index in [0.717, 1.165) is 16.9 Å². The largest absolute Gasteiger partial charge is 0.381 e. The molecular formula is C12H13ClFN3. The Morgan fingerprint density at radius 3 is 2.82 bits per heavy atom. The van der Waals surface area contributed by atoms with E-state index in [0.29, 0.717) is 6.54 Å². The summed E-state index contributed by atoms with van der Waals surface area (Å²) < 4.78 is 14.8. The van der Waals surface area contributed by atoms with E-state index < -0.39 is 5.82 Å². The van der Waals surface area contributed by atoms with E-state index in [1.165, 1.54) is 6.07 Å². The lowest BCUT2D eigenvalue weighted by Crippen LogP contribution is -2.01. The number of nitrogens with one attached hydrogen (secondary N) is 1. The van der Waals surface area contributed by atoms with Gasteiger partial charge < -0.3 is 5.32 Å². The fraction of sp³-hybridized carbons (Fsp3) is 0.250. The second-order valence-corrected chi connectivity index (χ2v) is 4.27. The zero-order chi connectivity index (χ0) is 12.4. The highest BCUT2D eigenvalue weighted by Gasteiger charge is 2.04. The first-order valence-electron chi connectivity index (χ1n) is 5.24.